The smallest absolute Gasteiger partial charge is 0.328 e. The van der Waals surface area contributed by atoms with Crippen LogP contribution in [0.15, 0.2) is 18.5 Å². The molecule has 0 aromatic carbocycles. The molecule has 1 amide bonds. The fourth-order valence-electron chi connectivity index (χ4n) is 0.964. The predicted octanol–water partition coefficient (Wildman–Crippen LogP) is 0.814. The number of carbonyl (C=O) groups is 2. The summed E-state index contributed by atoms with van der Waals surface area (Å²) in [6.45, 7) is 2.62. The number of pyridine rings is 1. The molecule has 0 saturated carbocycles. The van der Waals surface area contributed by atoms with Crippen molar-refractivity contribution in [1.82, 2.24) is 10.3 Å². The monoisotopic (exact) mass is 226 g/mol. The highest BCUT2D eigenvalue weighted by Crippen LogP contribution is 2.08. The number of nitrogens with zero attached hydrogens (tertiary/aromatic N) is 1. The molecule has 6 heteroatoms. The van der Waals surface area contributed by atoms with Gasteiger partial charge in [-0.05, 0) is 19.9 Å². The molecule has 5 nitrogen and oxygen atoms in total. The molecule has 0 unspecified atom stereocenters. The van der Waals surface area contributed by atoms with E-state index < -0.39 is 23.2 Å². The van der Waals surface area contributed by atoms with Gasteiger partial charge in [-0.2, -0.15) is 0 Å². The van der Waals surface area contributed by atoms with Crippen LogP contribution in [0.2, 0.25) is 0 Å². The summed E-state index contributed by atoms with van der Waals surface area (Å²) in [6, 6.07) is 1.18. The van der Waals surface area contributed by atoms with Gasteiger partial charge in [-0.3, -0.25) is 9.78 Å². The van der Waals surface area contributed by atoms with Gasteiger partial charge in [0, 0.05) is 6.20 Å². The zero-order valence-corrected chi connectivity index (χ0v) is 8.82. The van der Waals surface area contributed by atoms with Crippen LogP contribution in [0.3, 0.4) is 0 Å². The van der Waals surface area contributed by atoms with Gasteiger partial charge < -0.3 is 10.4 Å². The van der Waals surface area contributed by atoms with Crippen molar-refractivity contribution in [3.05, 3.63) is 29.8 Å². The van der Waals surface area contributed by atoms with Gasteiger partial charge in [0.25, 0.3) is 5.91 Å². The number of halogens is 1. The zero-order valence-electron chi connectivity index (χ0n) is 8.82. The predicted molar refractivity (Wildman–Crippen MR) is 53.4 cm³/mol. The van der Waals surface area contributed by atoms with Crippen molar-refractivity contribution in [3.63, 3.8) is 0 Å². The molecule has 2 N–H and O–H groups in total. The standard InChI is InChI=1S/C10H11FN2O3/c1-10(2,9(15)16)13-8(14)6-3-4-12-5-7(6)11/h3-5H,1-2H3,(H,13,14)(H,15,16). The number of amides is 1. The van der Waals surface area contributed by atoms with Crippen LogP contribution in [0.1, 0.15) is 24.2 Å². The molecule has 0 aliphatic heterocycles. The Balaban J connectivity index is 2.89. The van der Waals surface area contributed by atoms with Crippen LogP contribution in [0.5, 0.6) is 0 Å². The first-order valence-electron chi connectivity index (χ1n) is 4.50. The second-order valence-corrected chi connectivity index (χ2v) is 3.74. The lowest BCUT2D eigenvalue weighted by atomic mass is 10.1. The van der Waals surface area contributed by atoms with Crippen LogP contribution in [0.25, 0.3) is 0 Å². The van der Waals surface area contributed by atoms with E-state index in [-0.39, 0.29) is 5.56 Å². The topological polar surface area (TPSA) is 79.3 Å². The number of carboxylic acid groups (broad SMARTS) is 1. The van der Waals surface area contributed by atoms with Gasteiger partial charge in [-0.25, -0.2) is 9.18 Å². The maximum absolute atomic E-state index is 13.1. The molecule has 0 aliphatic rings. The Hall–Kier alpha value is -1.98. The third kappa shape index (κ3) is 2.53. The molecule has 0 saturated heterocycles. The van der Waals surface area contributed by atoms with Gasteiger partial charge >= 0.3 is 5.97 Å². The van der Waals surface area contributed by atoms with Gasteiger partial charge in [-0.15, -0.1) is 0 Å². The highest BCUT2D eigenvalue weighted by atomic mass is 19.1. The highest BCUT2D eigenvalue weighted by molar-refractivity contribution is 5.97. The summed E-state index contributed by atoms with van der Waals surface area (Å²) in [4.78, 5) is 25.8. The Morgan fingerprint density at radius 2 is 2.12 bits per heavy atom. The number of hydrogen-bond donors (Lipinski definition) is 2. The summed E-state index contributed by atoms with van der Waals surface area (Å²) < 4.78 is 13.1. The van der Waals surface area contributed by atoms with E-state index in [4.69, 9.17) is 5.11 Å². The average Bonchev–Trinajstić information content (AvgIpc) is 2.17. The number of aliphatic carboxylic acids is 1. The van der Waals surface area contributed by atoms with Crippen LogP contribution in [0.4, 0.5) is 4.39 Å². The van der Waals surface area contributed by atoms with Crippen molar-refractivity contribution in [1.29, 1.82) is 0 Å². The van der Waals surface area contributed by atoms with Crippen molar-refractivity contribution in [2.75, 3.05) is 0 Å². The molecule has 16 heavy (non-hydrogen) atoms. The van der Waals surface area contributed by atoms with E-state index in [0.717, 1.165) is 6.20 Å². The Morgan fingerprint density at radius 3 is 2.62 bits per heavy atom. The third-order valence-electron chi connectivity index (χ3n) is 1.98. The number of carbonyl (C=O) groups excluding carboxylic acids is 1. The molecule has 1 aromatic heterocycles. The fraction of sp³-hybridized carbons (Fsp3) is 0.300. The van der Waals surface area contributed by atoms with E-state index in [1.165, 1.54) is 26.1 Å². The van der Waals surface area contributed by atoms with Crippen molar-refractivity contribution >= 4 is 11.9 Å². The van der Waals surface area contributed by atoms with Gasteiger partial charge in [0.1, 0.15) is 5.54 Å². The van der Waals surface area contributed by atoms with Gasteiger partial charge in [0.2, 0.25) is 0 Å². The molecule has 0 radical (unpaired) electrons. The van der Waals surface area contributed by atoms with Crippen LogP contribution in [0, 0.1) is 5.82 Å². The fourth-order valence-corrected chi connectivity index (χ4v) is 0.964. The van der Waals surface area contributed by atoms with Crippen molar-refractivity contribution in [2.45, 2.75) is 19.4 Å². The van der Waals surface area contributed by atoms with Crippen LogP contribution in [-0.4, -0.2) is 27.5 Å². The first kappa shape index (κ1) is 12.1. The molecular weight excluding hydrogens is 215 g/mol. The number of aromatic nitrogens is 1. The lowest BCUT2D eigenvalue weighted by molar-refractivity contribution is -0.143. The van der Waals surface area contributed by atoms with Crippen molar-refractivity contribution in [2.24, 2.45) is 0 Å². The molecule has 86 valence electrons. The largest absolute Gasteiger partial charge is 0.480 e. The average molecular weight is 226 g/mol. The second kappa shape index (κ2) is 4.26. The van der Waals surface area contributed by atoms with E-state index in [1.54, 1.807) is 0 Å². The number of carboxylic acids is 1. The summed E-state index contributed by atoms with van der Waals surface area (Å²) in [5.41, 5.74) is -1.68. The summed E-state index contributed by atoms with van der Waals surface area (Å²) in [6.07, 6.45) is 2.15. The zero-order chi connectivity index (χ0) is 12.3. The van der Waals surface area contributed by atoms with E-state index >= 15 is 0 Å². The molecule has 1 heterocycles. The minimum Gasteiger partial charge on any atom is -0.480 e. The lowest BCUT2D eigenvalue weighted by Gasteiger charge is -2.20. The molecule has 0 atom stereocenters. The minimum absolute atomic E-state index is 0.232. The lowest BCUT2D eigenvalue weighted by Crippen LogP contribution is -2.49. The normalized spacial score (nSPS) is 10.9. The molecule has 1 rings (SSSR count). The Bertz CT molecular complexity index is 432. The third-order valence-corrected chi connectivity index (χ3v) is 1.98. The maximum Gasteiger partial charge on any atom is 0.328 e. The molecule has 0 aliphatic carbocycles. The Kier molecular flexibility index (Phi) is 3.22. The Morgan fingerprint density at radius 1 is 1.50 bits per heavy atom. The Labute approximate surface area is 91.3 Å². The molecular formula is C10H11FN2O3. The molecule has 1 aromatic rings. The van der Waals surface area contributed by atoms with Gasteiger partial charge in [0.05, 0.1) is 11.8 Å². The SMILES string of the molecule is CC(C)(NC(=O)c1ccncc1F)C(=O)O. The maximum atomic E-state index is 13.1. The first-order valence-corrected chi connectivity index (χ1v) is 4.50. The quantitative estimate of drug-likeness (QED) is 0.799. The second-order valence-electron chi connectivity index (χ2n) is 3.74. The van der Waals surface area contributed by atoms with Crippen LogP contribution >= 0.6 is 0 Å². The number of rotatable bonds is 3. The van der Waals surface area contributed by atoms with E-state index in [9.17, 15) is 14.0 Å². The van der Waals surface area contributed by atoms with Crippen molar-refractivity contribution in [3.8, 4) is 0 Å². The van der Waals surface area contributed by atoms with E-state index in [1.807, 2.05) is 0 Å². The molecule has 0 bridgehead atoms. The summed E-state index contributed by atoms with van der Waals surface area (Å²) in [7, 11) is 0. The van der Waals surface area contributed by atoms with E-state index in [0.29, 0.717) is 0 Å². The van der Waals surface area contributed by atoms with Gasteiger partial charge in [0.15, 0.2) is 5.82 Å². The number of nitrogens with one attached hydrogen (secondary N) is 1. The number of hydrogen-bond acceptors (Lipinski definition) is 3. The summed E-state index contributed by atoms with van der Waals surface area (Å²) in [5, 5.41) is 11.0. The van der Waals surface area contributed by atoms with E-state index in [2.05, 4.69) is 10.3 Å². The highest BCUT2D eigenvalue weighted by Gasteiger charge is 2.30. The summed E-state index contributed by atoms with van der Waals surface area (Å²) in [5.74, 6) is -2.77. The minimum atomic E-state index is -1.45. The van der Waals surface area contributed by atoms with Crippen LogP contribution in [-0.2, 0) is 4.79 Å². The molecule has 0 spiro atoms. The van der Waals surface area contributed by atoms with Gasteiger partial charge in [-0.1, -0.05) is 0 Å². The summed E-state index contributed by atoms with van der Waals surface area (Å²) >= 11 is 0. The van der Waals surface area contributed by atoms with Crippen LogP contribution < -0.4 is 5.32 Å². The first-order chi connectivity index (χ1) is 7.34. The molecule has 0 fully saturated rings. The van der Waals surface area contributed by atoms with Crippen molar-refractivity contribution < 1.29 is 19.1 Å².